The van der Waals surface area contributed by atoms with Gasteiger partial charge in [0.1, 0.15) is 0 Å². The topological polar surface area (TPSA) is 90.0 Å². The minimum atomic E-state index is -0.826. The van der Waals surface area contributed by atoms with Gasteiger partial charge < -0.3 is 20.2 Å². The summed E-state index contributed by atoms with van der Waals surface area (Å²) in [4.78, 5) is 38.0. The standard InChI is InChI=1S/C14H25N3O4/c1-4-6-14(12(19)20)7-9-17(10-14)13(21)16(3)8-5-11(18)15-2/h4-10H2,1-3H3,(H,15,18)(H,19,20). The minimum Gasteiger partial charge on any atom is -0.481 e. The Kier molecular flexibility index (Phi) is 5.99. The number of carbonyl (C=O) groups is 3. The van der Waals surface area contributed by atoms with Crippen molar-refractivity contribution in [2.45, 2.75) is 32.6 Å². The Bertz CT molecular complexity index is 413. The van der Waals surface area contributed by atoms with E-state index >= 15 is 0 Å². The van der Waals surface area contributed by atoms with Gasteiger partial charge in [-0.2, -0.15) is 0 Å². The number of likely N-dealkylation sites (tertiary alicyclic amines) is 1. The number of carboxylic acid groups (broad SMARTS) is 1. The van der Waals surface area contributed by atoms with Crippen LogP contribution in [0.25, 0.3) is 0 Å². The smallest absolute Gasteiger partial charge is 0.319 e. The van der Waals surface area contributed by atoms with Gasteiger partial charge in [0.05, 0.1) is 5.41 Å². The van der Waals surface area contributed by atoms with Crippen molar-refractivity contribution in [3.05, 3.63) is 0 Å². The number of nitrogens with zero attached hydrogens (tertiary/aromatic N) is 2. The zero-order chi connectivity index (χ0) is 16.0. The molecule has 1 atom stereocenters. The van der Waals surface area contributed by atoms with Crippen LogP contribution in [0, 0.1) is 5.41 Å². The summed E-state index contributed by atoms with van der Waals surface area (Å²) in [5, 5.41) is 11.9. The van der Waals surface area contributed by atoms with E-state index < -0.39 is 11.4 Å². The van der Waals surface area contributed by atoms with Gasteiger partial charge in [-0.05, 0) is 12.8 Å². The first-order valence-corrected chi connectivity index (χ1v) is 7.30. The first kappa shape index (κ1) is 17.3. The normalized spacial score (nSPS) is 21.2. The quantitative estimate of drug-likeness (QED) is 0.757. The van der Waals surface area contributed by atoms with Gasteiger partial charge in [-0.3, -0.25) is 9.59 Å². The molecule has 7 heteroatoms. The highest BCUT2D eigenvalue weighted by Crippen LogP contribution is 2.35. The van der Waals surface area contributed by atoms with Crippen molar-refractivity contribution >= 4 is 17.9 Å². The first-order valence-electron chi connectivity index (χ1n) is 7.30. The number of carboxylic acids is 1. The predicted molar refractivity (Wildman–Crippen MR) is 77.9 cm³/mol. The van der Waals surface area contributed by atoms with E-state index in [1.807, 2.05) is 6.92 Å². The Morgan fingerprint density at radius 2 is 2.05 bits per heavy atom. The lowest BCUT2D eigenvalue weighted by Gasteiger charge is -2.27. The van der Waals surface area contributed by atoms with Crippen molar-refractivity contribution in [2.75, 3.05) is 33.7 Å². The Balaban J connectivity index is 2.60. The number of hydrogen-bond acceptors (Lipinski definition) is 3. The third-order valence-electron chi connectivity index (χ3n) is 4.09. The lowest BCUT2D eigenvalue weighted by molar-refractivity contribution is -0.148. The van der Waals surface area contributed by atoms with Gasteiger partial charge in [0, 0.05) is 40.2 Å². The number of nitrogens with one attached hydrogen (secondary N) is 1. The van der Waals surface area contributed by atoms with Crippen LogP contribution in [-0.4, -0.2) is 66.5 Å². The van der Waals surface area contributed by atoms with Gasteiger partial charge in [0.15, 0.2) is 0 Å². The maximum absolute atomic E-state index is 12.3. The number of aliphatic carboxylic acids is 1. The highest BCUT2D eigenvalue weighted by atomic mass is 16.4. The molecule has 0 radical (unpaired) electrons. The highest BCUT2D eigenvalue weighted by molar-refractivity contribution is 5.80. The van der Waals surface area contributed by atoms with Crippen molar-refractivity contribution in [2.24, 2.45) is 5.41 Å². The van der Waals surface area contributed by atoms with Gasteiger partial charge in [-0.25, -0.2) is 4.79 Å². The average molecular weight is 299 g/mol. The van der Waals surface area contributed by atoms with Gasteiger partial charge >= 0.3 is 12.0 Å². The number of carbonyl (C=O) groups excluding carboxylic acids is 2. The Morgan fingerprint density at radius 3 is 2.57 bits per heavy atom. The molecule has 0 spiro atoms. The zero-order valence-corrected chi connectivity index (χ0v) is 13.0. The Labute approximate surface area is 125 Å². The fourth-order valence-corrected chi connectivity index (χ4v) is 2.73. The highest BCUT2D eigenvalue weighted by Gasteiger charge is 2.45. The molecule has 120 valence electrons. The number of urea groups is 1. The molecular formula is C14H25N3O4. The second-order valence-electron chi connectivity index (χ2n) is 5.63. The molecule has 1 aliphatic heterocycles. The molecule has 0 saturated carbocycles. The van der Waals surface area contributed by atoms with E-state index in [1.165, 1.54) is 4.90 Å². The van der Waals surface area contributed by atoms with Crippen LogP contribution in [0.3, 0.4) is 0 Å². The number of rotatable bonds is 6. The van der Waals surface area contributed by atoms with E-state index in [9.17, 15) is 19.5 Å². The Morgan fingerprint density at radius 1 is 1.38 bits per heavy atom. The van der Waals surface area contributed by atoms with Crippen molar-refractivity contribution in [3.63, 3.8) is 0 Å². The lowest BCUT2D eigenvalue weighted by Crippen LogP contribution is -2.43. The summed E-state index contributed by atoms with van der Waals surface area (Å²) in [6.07, 6.45) is 2.09. The molecular weight excluding hydrogens is 274 g/mol. The molecule has 7 nitrogen and oxygen atoms in total. The van der Waals surface area contributed by atoms with E-state index in [0.29, 0.717) is 25.9 Å². The Hall–Kier alpha value is -1.79. The molecule has 0 aromatic heterocycles. The summed E-state index contributed by atoms with van der Waals surface area (Å²) in [6, 6.07) is -0.210. The molecule has 0 aromatic rings. The van der Waals surface area contributed by atoms with Gasteiger partial charge in [0.25, 0.3) is 0 Å². The summed E-state index contributed by atoms with van der Waals surface area (Å²) in [6.45, 7) is 2.97. The molecule has 21 heavy (non-hydrogen) atoms. The second-order valence-corrected chi connectivity index (χ2v) is 5.63. The molecule has 2 N–H and O–H groups in total. The van der Waals surface area contributed by atoms with Crippen LogP contribution in [0.15, 0.2) is 0 Å². The molecule has 1 fully saturated rings. The van der Waals surface area contributed by atoms with E-state index in [0.717, 1.165) is 6.42 Å². The van der Waals surface area contributed by atoms with Crippen molar-refractivity contribution < 1.29 is 19.5 Å². The maximum Gasteiger partial charge on any atom is 0.319 e. The molecule has 3 amide bonds. The van der Waals surface area contributed by atoms with Crippen LogP contribution >= 0.6 is 0 Å². The van der Waals surface area contributed by atoms with Crippen LogP contribution in [0.5, 0.6) is 0 Å². The molecule has 1 heterocycles. The first-order chi connectivity index (χ1) is 9.86. The van der Waals surface area contributed by atoms with Crippen LogP contribution < -0.4 is 5.32 Å². The van der Waals surface area contributed by atoms with Crippen molar-refractivity contribution in [1.29, 1.82) is 0 Å². The van der Waals surface area contributed by atoms with E-state index in [4.69, 9.17) is 0 Å². The average Bonchev–Trinajstić information content (AvgIpc) is 2.89. The molecule has 1 unspecified atom stereocenters. The van der Waals surface area contributed by atoms with Crippen LogP contribution in [0.2, 0.25) is 0 Å². The number of hydrogen-bond donors (Lipinski definition) is 2. The maximum atomic E-state index is 12.3. The largest absolute Gasteiger partial charge is 0.481 e. The minimum absolute atomic E-state index is 0.123. The SMILES string of the molecule is CCCC1(C(=O)O)CCN(C(=O)N(C)CCC(=O)NC)C1. The fourth-order valence-electron chi connectivity index (χ4n) is 2.73. The molecule has 1 aliphatic rings. The molecule has 1 saturated heterocycles. The van der Waals surface area contributed by atoms with Crippen molar-refractivity contribution in [1.82, 2.24) is 15.1 Å². The number of amides is 3. The lowest BCUT2D eigenvalue weighted by atomic mass is 9.83. The van der Waals surface area contributed by atoms with Gasteiger partial charge in [0.2, 0.25) is 5.91 Å². The predicted octanol–water partition coefficient (Wildman–Crippen LogP) is 0.751. The second kappa shape index (κ2) is 7.28. The molecule has 1 rings (SSSR count). The van der Waals surface area contributed by atoms with Crippen LogP contribution in [0.1, 0.15) is 32.6 Å². The fraction of sp³-hybridized carbons (Fsp3) is 0.786. The third-order valence-corrected chi connectivity index (χ3v) is 4.09. The van der Waals surface area contributed by atoms with E-state index in [2.05, 4.69) is 5.32 Å². The van der Waals surface area contributed by atoms with Gasteiger partial charge in [-0.1, -0.05) is 13.3 Å². The van der Waals surface area contributed by atoms with Crippen LogP contribution in [0.4, 0.5) is 4.79 Å². The van der Waals surface area contributed by atoms with Gasteiger partial charge in [-0.15, -0.1) is 0 Å². The van der Waals surface area contributed by atoms with Crippen molar-refractivity contribution in [3.8, 4) is 0 Å². The van der Waals surface area contributed by atoms with E-state index in [1.54, 1.807) is 19.0 Å². The monoisotopic (exact) mass is 299 g/mol. The third kappa shape index (κ3) is 4.09. The molecule has 0 aliphatic carbocycles. The molecule has 0 aromatic carbocycles. The summed E-state index contributed by atoms with van der Waals surface area (Å²) >= 11 is 0. The zero-order valence-electron chi connectivity index (χ0n) is 13.0. The summed E-state index contributed by atoms with van der Waals surface area (Å²) in [5.41, 5.74) is -0.813. The summed E-state index contributed by atoms with van der Waals surface area (Å²) in [5.74, 6) is -0.949. The van der Waals surface area contributed by atoms with E-state index in [-0.39, 0.29) is 24.9 Å². The summed E-state index contributed by atoms with van der Waals surface area (Å²) < 4.78 is 0. The summed E-state index contributed by atoms with van der Waals surface area (Å²) in [7, 11) is 3.18. The molecule has 0 bridgehead atoms. The van der Waals surface area contributed by atoms with Crippen LogP contribution in [-0.2, 0) is 9.59 Å².